The van der Waals surface area contributed by atoms with Crippen molar-refractivity contribution >= 4 is 6.72 Å². The molecule has 0 aromatic rings. The summed E-state index contributed by atoms with van der Waals surface area (Å²) >= 11 is 0. The molecule has 0 spiro atoms. The lowest BCUT2D eigenvalue weighted by molar-refractivity contribution is 0.582. The molecule has 0 aromatic carbocycles. The van der Waals surface area contributed by atoms with Gasteiger partial charge in [0.2, 0.25) is 0 Å². The predicted octanol–water partition coefficient (Wildman–Crippen LogP) is 1.20. The van der Waals surface area contributed by atoms with Crippen molar-refractivity contribution in [3.05, 3.63) is 12.3 Å². The standard InChI is InChI=1S/C7H14N2/c1-6(8-4)7(2,3)9-5/h8H,1,5H2,2-4H3. The number of likely N-dealkylation sites (N-methyl/N-ethyl adjacent to an activating group) is 1. The van der Waals surface area contributed by atoms with Gasteiger partial charge in [-0.25, -0.2) is 0 Å². The van der Waals surface area contributed by atoms with E-state index in [1.54, 1.807) is 0 Å². The molecule has 0 heterocycles. The lowest BCUT2D eigenvalue weighted by atomic mass is 10.0. The normalized spacial score (nSPS) is 10.6. The molecular weight excluding hydrogens is 112 g/mol. The van der Waals surface area contributed by atoms with Crippen LogP contribution in [0.1, 0.15) is 13.8 Å². The maximum absolute atomic E-state index is 3.88. The average molecular weight is 126 g/mol. The molecule has 0 fully saturated rings. The molecule has 0 bridgehead atoms. The van der Waals surface area contributed by atoms with Gasteiger partial charge in [0, 0.05) is 12.7 Å². The molecule has 2 heteroatoms. The van der Waals surface area contributed by atoms with Crippen molar-refractivity contribution in [2.24, 2.45) is 4.99 Å². The summed E-state index contributed by atoms with van der Waals surface area (Å²) in [5.41, 5.74) is 0.645. The number of rotatable bonds is 3. The van der Waals surface area contributed by atoms with Crippen molar-refractivity contribution in [3.63, 3.8) is 0 Å². The van der Waals surface area contributed by atoms with Crippen LogP contribution >= 0.6 is 0 Å². The number of nitrogens with zero attached hydrogens (tertiary/aromatic N) is 1. The fraction of sp³-hybridized carbons (Fsp3) is 0.571. The van der Waals surface area contributed by atoms with Gasteiger partial charge in [0.1, 0.15) is 0 Å². The fourth-order valence-corrected chi connectivity index (χ4v) is 0.401. The largest absolute Gasteiger partial charge is 0.390 e. The molecule has 0 aliphatic heterocycles. The van der Waals surface area contributed by atoms with Gasteiger partial charge in [0.05, 0.1) is 5.54 Å². The summed E-state index contributed by atoms with van der Waals surface area (Å²) in [5.74, 6) is 0. The summed E-state index contributed by atoms with van der Waals surface area (Å²) in [4.78, 5) is 3.88. The first-order valence-corrected chi connectivity index (χ1v) is 2.89. The quantitative estimate of drug-likeness (QED) is 0.564. The number of aliphatic imine (C=N–C) groups is 1. The minimum atomic E-state index is -0.241. The molecule has 1 N–H and O–H groups in total. The van der Waals surface area contributed by atoms with E-state index in [4.69, 9.17) is 0 Å². The Kier molecular flexibility index (Phi) is 2.43. The summed E-state index contributed by atoms with van der Waals surface area (Å²) in [6.45, 7) is 11.1. The molecule has 0 rings (SSSR count). The van der Waals surface area contributed by atoms with Crippen LogP contribution in [0.4, 0.5) is 0 Å². The van der Waals surface area contributed by atoms with Gasteiger partial charge in [-0.05, 0) is 20.6 Å². The van der Waals surface area contributed by atoms with Gasteiger partial charge in [-0.3, -0.25) is 4.99 Å². The van der Waals surface area contributed by atoms with Crippen LogP contribution in [0.15, 0.2) is 17.3 Å². The van der Waals surface area contributed by atoms with Gasteiger partial charge < -0.3 is 5.32 Å². The van der Waals surface area contributed by atoms with Gasteiger partial charge in [0.15, 0.2) is 0 Å². The van der Waals surface area contributed by atoms with E-state index in [1.165, 1.54) is 0 Å². The summed E-state index contributed by atoms with van der Waals surface area (Å²) in [6, 6.07) is 0. The Morgan fingerprint density at radius 1 is 1.56 bits per heavy atom. The van der Waals surface area contributed by atoms with Crippen molar-refractivity contribution in [2.75, 3.05) is 7.05 Å². The molecule has 0 atom stereocenters. The van der Waals surface area contributed by atoms with Crippen LogP contribution in [-0.4, -0.2) is 19.3 Å². The lowest BCUT2D eigenvalue weighted by Gasteiger charge is -2.21. The van der Waals surface area contributed by atoms with Crippen LogP contribution in [0, 0.1) is 0 Å². The number of nitrogens with one attached hydrogen (secondary N) is 1. The van der Waals surface area contributed by atoms with Gasteiger partial charge in [-0.2, -0.15) is 0 Å². The lowest BCUT2D eigenvalue weighted by Crippen LogP contribution is -2.27. The molecule has 0 aliphatic carbocycles. The zero-order valence-corrected chi connectivity index (χ0v) is 6.36. The molecule has 0 amide bonds. The second kappa shape index (κ2) is 2.67. The second-order valence-corrected chi connectivity index (χ2v) is 2.45. The van der Waals surface area contributed by atoms with E-state index in [1.807, 2.05) is 20.9 Å². The van der Waals surface area contributed by atoms with E-state index in [0.717, 1.165) is 5.70 Å². The molecule has 2 nitrogen and oxygen atoms in total. The third-order valence-electron chi connectivity index (χ3n) is 1.44. The first-order chi connectivity index (χ1) is 4.04. The molecule has 9 heavy (non-hydrogen) atoms. The molecule has 0 unspecified atom stereocenters. The first kappa shape index (κ1) is 8.21. The molecule has 0 saturated carbocycles. The van der Waals surface area contributed by atoms with Crippen molar-refractivity contribution in [2.45, 2.75) is 19.4 Å². The molecular formula is C7H14N2. The minimum Gasteiger partial charge on any atom is -0.390 e. The zero-order valence-electron chi connectivity index (χ0n) is 6.36. The van der Waals surface area contributed by atoms with Crippen molar-refractivity contribution in [3.8, 4) is 0 Å². The van der Waals surface area contributed by atoms with Crippen LogP contribution in [0.25, 0.3) is 0 Å². The van der Waals surface area contributed by atoms with E-state index in [-0.39, 0.29) is 5.54 Å². The fourth-order valence-electron chi connectivity index (χ4n) is 0.401. The van der Waals surface area contributed by atoms with Gasteiger partial charge >= 0.3 is 0 Å². The minimum absolute atomic E-state index is 0.241. The summed E-state index contributed by atoms with van der Waals surface area (Å²) in [5, 5.41) is 2.93. The third-order valence-corrected chi connectivity index (χ3v) is 1.44. The second-order valence-electron chi connectivity index (χ2n) is 2.45. The smallest absolute Gasteiger partial charge is 0.0931 e. The summed E-state index contributed by atoms with van der Waals surface area (Å²) in [6.07, 6.45) is 0. The predicted molar refractivity (Wildman–Crippen MR) is 41.8 cm³/mol. The highest BCUT2D eigenvalue weighted by molar-refractivity contribution is 5.29. The van der Waals surface area contributed by atoms with Gasteiger partial charge in [-0.15, -0.1) is 0 Å². The summed E-state index contributed by atoms with van der Waals surface area (Å²) in [7, 11) is 1.83. The van der Waals surface area contributed by atoms with Crippen LogP contribution in [0.3, 0.4) is 0 Å². The monoisotopic (exact) mass is 126 g/mol. The first-order valence-electron chi connectivity index (χ1n) is 2.89. The highest BCUT2D eigenvalue weighted by atomic mass is 14.9. The van der Waals surface area contributed by atoms with E-state index >= 15 is 0 Å². The Bertz CT molecular complexity index is 125. The van der Waals surface area contributed by atoms with E-state index in [9.17, 15) is 0 Å². The van der Waals surface area contributed by atoms with Gasteiger partial charge in [0.25, 0.3) is 0 Å². The Labute approximate surface area is 56.7 Å². The van der Waals surface area contributed by atoms with E-state index < -0.39 is 0 Å². The highest BCUT2D eigenvalue weighted by Crippen LogP contribution is 2.14. The van der Waals surface area contributed by atoms with Crippen LogP contribution < -0.4 is 5.32 Å². The number of hydrogen-bond acceptors (Lipinski definition) is 2. The van der Waals surface area contributed by atoms with E-state index in [0.29, 0.717) is 0 Å². The Morgan fingerprint density at radius 3 is 2.11 bits per heavy atom. The van der Waals surface area contributed by atoms with Crippen LogP contribution in [0.2, 0.25) is 0 Å². The van der Waals surface area contributed by atoms with Crippen molar-refractivity contribution in [1.82, 2.24) is 5.32 Å². The Balaban J connectivity index is 4.14. The highest BCUT2D eigenvalue weighted by Gasteiger charge is 2.16. The molecule has 0 saturated heterocycles. The van der Waals surface area contributed by atoms with Crippen molar-refractivity contribution < 1.29 is 0 Å². The topological polar surface area (TPSA) is 24.4 Å². The SMILES string of the molecule is C=NC(C)(C)C(=C)NC. The molecule has 0 aromatic heterocycles. The van der Waals surface area contributed by atoms with E-state index in [2.05, 4.69) is 23.6 Å². The third kappa shape index (κ3) is 1.88. The van der Waals surface area contributed by atoms with Gasteiger partial charge in [-0.1, -0.05) is 6.58 Å². The zero-order chi connectivity index (χ0) is 7.49. The molecule has 52 valence electrons. The molecule has 0 aliphatic rings. The summed E-state index contributed by atoms with van der Waals surface area (Å²) < 4.78 is 0. The molecule has 0 radical (unpaired) electrons. The van der Waals surface area contributed by atoms with Crippen LogP contribution in [0.5, 0.6) is 0 Å². The number of hydrogen-bond donors (Lipinski definition) is 1. The average Bonchev–Trinajstić information content (AvgIpc) is 1.86. The Morgan fingerprint density at radius 2 is 2.00 bits per heavy atom. The maximum Gasteiger partial charge on any atom is 0.0931 e. The van der Waals surface area contributed by atoms with Crippen molar-refractivity contribution in [1.29, 1.82) is 0 Å². The maximum atomic E-state index is 3.88. The Hall–Kier alpha value is -0.790. The van der Waals surface area contributed by atoms with Crippen LogP contribution in [-0.2, 0) is 0 Å².